The van der Waals surface area contributed by atoms with Crippen molar-refractivity contribution < 1.29 is 38.6 Å². The highest BCUT2D eigenvalue weighted by atomic mass is 35.7. The molecule has 0 saturated heterocycles. The largest absolute Gasteiger partial charge is 0.456 e. The first-order valence-electron chi connectivity index (χ1n) is 10.9. The van der Waals surface area contributed by atoms with E-state index in [0.717, 1.165) is 61.2 Å². The predicted molar refractivity (Wildman–Crippen MR) is 113 cm³/mol. The van der Waals surface area contributed by atoms with Crippen LogP contribution in [0.25, 0.3) is 0 Å². The van der Waals surface area contributed by atoms with Crippen molar-refractivity contribution in [1.82, 2.24) is 19.9 Å². The van der Waals surface area contributed by atoms with Crippen molar-refractivity contribution in [3.05, 3.63) is 83.0 Å². The van der Waals surface area contributed by atoms with Crippen LogP contribution in [0.1, 0.15) is 38.5 Å². The molecule has 1 aliphatic heterocycles. The lowest BCUT2D eigenvalue weighted by Crippen LogP contribution is -2.68. The summed E-state index contributed by atoms with van der Waals surface area (Å²) in [5.41, 5.74) is 4.86. The molecule has 2 N–H and O–H groups in total. The topological polar surface area (TPSA) is 179 Å². The third-order valence-corrected chi connectivity index (χ3v) is 5.39. The maximum Gasteiger partial charge on any atom is 0.430 e. The molecular weight excluding hydrogens is 476 g/mol. The number of hydrogen-bond donors (Lipinski definition) is 2. The maximum atomic E-state index is 8.49. The molecule has 2 aromatic heterocycles. The first-order chi connectivity index (χ1) is 16.9. The minimum Gasteiger partial charge on any atom is -0.456 e. The quantitative estimate of drug-likeness (QED) is 0.453. The lowest BCUT2D eigenvalue weighted by Gasteiger charge is -2.31. The van der Waals surface area contributed by atoms with Crippen LogP contribution in [0.5, 0.6) is 0 Å². The second kappa shape index (κ2) is 11.3. The Labute approximate surface area is 203 Å². The number of allylic oxidation sites excluding steroid dienone is 5. The van der Waals surface area contributed by atoms with Crippen LogP contribution in [0, 0.1) is 10.2 Å². The molecule has 3 heterocycles. The molecule has 2 aromatic rings. The minimum absolute atomic E-state index is 0.586. The minimum atomic E-state index is -4.94. The van der Waals surface area contributed by atoms with E-state index in [-0.39, 0.29) is 0 Å². The Hall–Kier alpha value is -3.48. The standard InChI is InChI=1S/C23H22N6O.ClHO4/c1-5-16-13-17-6-2-8-19(15-29-23-26-11-4-12-27-23)21(17)30-20(16)18(7-1)14-28-22-24-9-3-10-25-22;2-1(3,4)5/h3-4,9-15H,1-2,5-8H2,(H,24,25,28);(H,2,3,4,5)/b18-14+,29-15-;. The zero-order valence-corrected chi connectivity index (χ0v) is 19.4. The van der Waals surface area contributed by atoms with Crippen LogP contribution in [0.15, 0.2) is 83.0 Å². The van der Waals surface area contributed by atoms with Gasteiger partial charge in [0.25, 0.3) is 0 Å². The van der Waals surface area contributed by atoms with Crippen LogP contribution in [0.4, 0.5) is 11.9 Å². The van der Waals surface area contributed by atoms with Gasteiger partial charge >= 0.3 is 5.95 Å². The number of anilines is 1. The van der Waals surface area contributed by atoms with Gasteiger partial charge in [-0.2, -0.15) is 0 Å². The van der Waals surface area contributed by atoms with Gasteiger partial charge in [0.2, 0.25) is 5.95 Å². The second-order valence-corrected chi connectivity index (χ2v) is 8.57. The molecule has 0 atom stereocenters. The van der Waals surface area contributed by atoms with Crippen LogP contribution in [-0.4, -0.2) is 26.2 Å². The zero-order chi connectivity index (χ0) is 24.7. The van der Waals surface area contributed by atoms with Gasteiger partial charge in [-0.3, -0.25) is 0 Å². The van der Waals surface area contributed by atoms with Gasteiger partial charge < -0.3 is 10.1 Å². The van der Waals surface area contributed by atoms with Crippen LogP contribution in [0.2, 0.25) is 0 Å². The smallest absolute Gasteiger partial charge is 0.430 e. The molecule has 12 heteroatoms. The lowest BCUT2D eigenvalue weighted by atomic mass is 9.86. The van der Waals surface area contributed by atoms with Gasteiger partial charge in [0.1, 0.15) is 23.9 Å². The first-order valence-corrected chi connectivity index (χ1v) is 12.2. The van der Waals surface area contributed by atoms with Crippen LogP contribution >= 0.6 is 0 Å². The molecule has 0 spiro atoms. The summed E-state index contributed by atoms with van der Waals surface area (Å²) < 4.78 is 40.5. The third-order valence-electron chi connectivity index (χ3n) is 5.39. The van der Waals surface area contributed by atoms with Gasteiger partial charge in [0.05, 0.1) is 6.21 Å². The fraction of sp³-hybridized carbons (Fsp3) is 0.261. The van der Waals surface area contributed by atoms with E-state index in [1.807, 2.05) is 12.4 Å². The summed E-state index contributed by atoms with van der Waals surface area (Å²) in [6.07, 6.45) is 19.4. The molecule has 2 aliphatic carbocycles. The summed E-state index contributed by atoms with van der Waals surface area (Å²) in [4.78, 5) is 20.1. The summed E-state index contributed by atoms with van der Waals surface area (Å²) in [5.74, 6) is 3.10. The summed E-state index contributed by atoms with van der Waals surface area (Å²) in [7, 11) is -4.94. The molecular formula is C23H23ClN6O5. The van der Waals surface area contributed by atoms with E-state index in [0.29, 0.717) is 11.9 Å². The van der Waals surface area contributed by atoms with Gasteiger partial charge in [0.15, 0.2) is 0 Å². The van der Waals surface area contributed by atoms with Crippen molar-refractivity contribution in [3.8, 4) is 0 Å². The fourth-order valence-corrected chi connectivity index (χ4v) is 3.98. The van der Waals surface area contributed by atoms with Crippen molar-refractivity contribution in [1.29, 1.82) is 0 Å². The summed E-state index contributed by atoms with van der Waals surface area (Å²) in [5, 5.41) is 3.21. The molecule has 0 saturated carbocycles. The second-order valence-electron chi connectivity index (χ2n) is 7.81. The van der Waals surface area contributed by atoms with E-state index in [4.69, 9.17) is 23.4 Å². The van der Waals surface area contributed by atoms with Crippen molar-refractivity contribution in [2.24, 2.45) is 0 Å². The van der Waals surface area contributed by atoms with E-state index in [2.05, 4.69) is 36.3 Å². The molecule has 0 radical (unpaired) electrons. The van der Waals surface area contributed by atoms with Crippen LogP contribution in [-0.2, 0) is 4.74 Å². The first kappa shape index (κ1) is 24.6. The third kappa shape index (κ3) is 7.25. The average Bonchev–Trinajstić information content (AvgIpc) is 2.85. The van der Waals surface area contributed by atoms with Crippen LogP contribution < -0.4 is 28.9 Å². The summed E-state index contributed by atoms with van der Waals surface area (Å²) >= 11 is 0. The number of ether oxygens (including phenoxy) is 1. The predicted octanol–water partition coefficient (Wildman–Crippen LogP) is -1.88. The highest BCUT2D eigenvalue weighted by Gasteiger charge is 2.29. The summed E-state index contributed by atoms with van der Waals surface area (Å²) in [6, 6.07) is 3.61. The Morgan fingerprint density at radius 1 is 0.857 bits per heavy atom. The van der Waals surface area contributed by atoms with Gasteiger partial charge in [-0.05, 0) is 61.8 Å². The normalized spacial score (nSPS) is 18.9. The molecule has 35 heavy (non-hydrogen) atoms. The van der Waals surface area contributed by atoms with Crippen molar-refractivity contribution >= 4 is 18.1 Å². The molecule has 182 valence electrons. The molecule has 5 rings (SSSR count). The molecule has 0 fully saturated rings. The SMILES string of the molecule is C1=C2CCCC(/C=[NH+]\c3ncccn3)=C2OC2=C1CCC/C2=C\Nc1ncccn1.[O-][Cl+3]([O-])([O-])[O-]. The number of aromatic nitrogens is 4. The molecule has 0 amide bonds. The van der Waals surface area contributed by atoms with Gasteiger partial charge in [-0.25, -0.2) is 33.6 Å². The zero-order valence-electron chi connectivity index (χ0n) is 18.6. The van der Waals surface area contributed by atoms with Crippen molar-refractivity contribution in [3.63, 3.8) is 0 Å². The van der Waals surface area contributed by atoms with E-state index in [1.54, 1.807) is 36.9 Å². The van der Waals surface area contributed by atoms with E-state index in [1.165, 1.54) is 11.1 Å². The number of hydrogen-bond acceptors (Lipinski definition) is 10. The number of rotatable bonds is 4. The number of nitrogens with zero attached hydrogens (tertiary/aromatic N) is 4. The average molecular weight is 499 g/mol. The molecule has 0 aromatic carbocycles. The lowest BCUT2D eigenvalue weighted by molar-refractivity contribution is -2.00. The van der Waals surface area contributed by atoms with Gasteiger partial charge in [-0.1, -0.05) is 9.97 Å². The summed E-state index contributed by atoms with van der Waals surface area (Å²) in [6.45, 7) is 0. The van der Waals surface area contributed by atoms with Crippen molar-refractivity contribution in [2.45, 2.75) is 38.5 Å². The van der Waals surface area contributed by atoms with Gasteiger partial charge in [-0.15, -0.1) is 10.2 Å². The number of nitrogens with one attached hydrogen (secondary N) is 2. The fourth-order valence-electron chi connectivity index (χ4n) is 3.98. The van der Waals surface area contributed by atoms with Crippen molar-refractivity contribution in [2.75, 3.05) is 5.32 Å². The molecule has 11 nitrogen and oxygen atoms in total. The Balaban J connectivity index is 0.000000527. The van der Waals surface area contributed by atoms with E-state index >= 15 is 0 Å². The number of halogens is 1. The van der Waals surface area contributed by atoms with Crippen LogP contribution in [0.3, 0.4) is 0 Å². The van der Waals surface area contributed by atoms with E-state index < -0.39 is 10.2 Å². The Morgan fingerprint density at radius 3 is 2.23 bits per heavy atom. The van der Waals surface area contributed by atoms with Gasteiger partial charge in [0, 0.05) is 35.8 Å². The molecule has 0 unspecified atom stereocenters. The Bertz CT molecular complexity index is 1180. The Kier molecular flexibility index (Phi) is 7.95. The monoisotopic (exact) mass is 498 g/mol. The molecule has 3 aliphatic rings. The van der Waals surface area contributed by atoms with E-state index in [9.17, 15) is 0 Å². The number of fused-ring (bicyclic) bond motifs is 1. The Morgan fingerprint density at radius 2 is 1.51 bits per heavy atom. The maximum absolute atomic E-state index is 8.49. The highest BCUT2D eigenvalue weighted by molar-refractivity contribution is 5.77. The highest BCUT2D eigenvalue weighted by Crippen LogP contribution is 2.42. The molecule has 0 bridgehead atoms.